The van der Waals surface area contributed by atoms with E-state index in [1.165, 1.54) is 0 Å². The van der Waals surface area contributed by atoms with Gasteiger partial charge in [0.25, 0.3) is 5.91 Å². The third-order valence-corrected chi connectivity index (χ3v) is 5.79. The van der Waals surface area contributed by atoms with Gasteiger partial charge in [0.2, 0.25) is 0 Å². The van der Waals surface area contributed by atoms with Crippen molar-refractivity contribution in [2.24, 2.45) is 0 Å². The molecule has 2 rings (SSSR count). The number of rotatable bonds is 7. The quantitative estimate of drug-likeness (QED) is 0.749. The first-order valence-corrected chi connectivity index (χ1v) is 10.1. The van der Waals surface area contributed by atoms with Crippen LogP contribution in [-0.2, 0) is 9.84 Å². The Hall–Kier alpha value is -1.76. The van der Waals surface area contributed by atoms with Gasteiger partial charge < -0.3 is 14.4 Å². The Balaban J connectivity index is 2.25. The Bertz CT molecular complexity index is 686. The molecule has 7 heteroatoms. The summed E-state index contributed by atoms with van der Waals surface area (Å²) in [4.78, 5) is 14.5. The van der Waals surface area contributed by atoms with Crippen molar-refractivity contribution in [2.45, 2.75) is 33.2 Å². The minimum Gasteiger partial charge on any atom is -0.490 e. The van der Waals surface area contributed by atoms with Crippen LogP contribution in [-0.4, -0.2) is 56.5 Å². The molecule has 134 valence electrons. The number of ether oxygens (including phenoxy) is 2. The smallest absolute Gasteiger partial charge is 0.254 e. The van der Waals surface area contributed by atoms with Crippen molar-refractivity contribution in [2.75, 3.05) is 31.3 Å². The first-order chi connectivity index (χ1) is 11.4. The monoisotopic (exact) mass is 355 g/mol. The average Bonchev–Trinajstić information content (AvgIpc) is 2.90. The number of sulfone groups is 1. The molecule has 0 aliphatic carbocycles. The molecule has 1 amide bonds. The second-order valence-electron chi connectivity index (χ2n) is 5.68. The van der Waals surface area contributed by atoms with E-state index >= 15 is 0 Å². The number of hydrogen-bond donors (Lipinski definition) is 0. The van der Waals surface area contributed by atoms with Gasteiger partial charge in [-0.1, -0.05) is 0 Å². The number of amides is 1. The maximum absolute atomic E-state index is 12.8. The summed E-state index contributed by atoms with van der Waals surface area (Å²) in [5.74, 6) is 1.14. The Morgan fingerprint density at radius 2 is 1.83 bits per heavy atom. The molecule has 0 radical (unpaired) electrons. The lowest BCUT2D eigenvalue weighted by molar-refractivity contribution is 0.0708. The largest absolute Gasteiger partial charge is 0.490 e. The van der Waals surface area contributed by atoms with Crippen LogP contribution in [0.2, 0.25) is 0 Å². The van der Waals surface area contributed by atoms with Crippen LogP contribution in [0.4, 0.5) is 0 Å². The van der Waals surface area contributed by atoms with Crippen molar-refractivity contribution in [3.8, 4) is 11.5 Å². The summed E-state index contributed by atoms with van der Waals surface area (Å²) in [5, 5.41) is 0. The first-order valence-electron chi connectivity index (χ1n) is 8.32. The molecule has 1 saturated heterocycles. The molecule has 0 aromatic heterocycles. The lowest BCUT2D eigenvalue weighted by Gasteiger charge is -2.27. The zero-order valence-corrected chi connectivity index (χ0v) is 15.3. The van der Waals surface area contributed by atoms with Crippen LogP contribution in [0.1, 0.15) is 37.6 Å². The fourth-order valence-corrected chi connectivity index (χ4v) is 4.67. The van der Waals surface area contributed by atoms with Crippen molar-refractivity contribution in [1.29, 1.82) is 0 Å². The molecule has 1 aromatic rings. The second-order valence-corrected chi connectivity index (χ2v) is 7.90. The van der Waals surface area contributed by atoms with Crippen LogP contribution >= 0.6 is 0 Å². The predicted octanol–water partition coefficient (Wildman–Crippen LogP) is 2.13. The first kappa shape index (κ1) is 18.6. The fraction of sp³-hybridized carbons (Fsp3) is 0.588. The zero-order chi connectivity index (χ0) is 17.7. The number of benzene rings is 1. The van der Waals surface area contributed by atoms with Crippen LogP contribution < -0.4 is 9.47 Å². The number of hydrogen-bond acceptors (Lipinski definition) is 5. The molecule has 1 heterocycles. The van der Waals surface area contributed by atoms with E-state index in [9.17, 15) is 13.2 Å². The average molecular weight is 355 g/mol. The minimum atomic E-state index is -3.04. The van der Waals surface area contributed by atoms with Gasteiger partial charge in [-0.25, -0.2) is 8.42 Å². The summed E-state index contributed by atoms with van der Waals surface area (Å²) in [7, 11) is -3.04. The van der Waals surface area contributed by atoms with Gasteiger partial charge in [-0.05, 0) is 45.4 Å². The highest BCUT2D eigenvalue weighted by Crippen LogP contribution is 2.30. The Morgan fingerprint density at radius 1 is 1.17 bits per heavy atom. The van der Waals surface area contributed by atoms with E-state index in [4.69, 9.17) is 9.47 Å². The van der Waals surface area contributed by atoms with Gasteiger partial charge in [-0.2, -0.15) is 0 Å². The lowest BCUT2D eigenvalue weighted by atomic mass is 10.1. The topological polar surface area (TPSA) is 72.9 Å². The maximum Gasteiger partial charge on any atom is 0.254 e. The Morgan fingerprint density at radius 3 is 2.38 bits per heavy atom. The molecule has 1 atom stereocenters. The summed E-state index contributed by atoms with van der Waals surface area (Å²) in [6.45, 7) is 7.06. The van der Waals surface area contributed by atoms with Crippen molar-refractivity contribution >= 4 is 15.7 Å². The van der Waals surface area contributed by atoms with Gasteiger partial charge in [0.15, 0.2) is 21.3 Å². The van der Waals surface area contributed by atoms with Crippen LogP contribution in [0.25, 0.3) is 0 Å². The number of carbonyl (C=O) groups excluding carboxylic acids is 1. The highest BCUT2D eigenvalue weighted by atomic mass is 32.2. The molecule has 0 spiro atoms. The van der Waals surface area contributed by atoms with E-state index < -0.39 is 9.84 Å². The SMILES string of the molecule is CCOc1ccc(C(=O)N(CC)[C@H]2CCS(=O)(=O)C2)cc1OCC. The molecular weight excluding hydrogens is 330 g/mol. The van der Waals surface area contributed by atoms with Gasteiger partial charge in [-0.3, -0.25) is 4.79 Å². The lowest BCUT2D eigenvalue weighted by Crippen LogP contribution is -2.41. The summed E-state index contributed by atoms with van der Waals surface area (Å²) in [6.07, 6.45) is 0.497. The highest BCUT2D eigenvalue weighted by molar-refractivity contribution is 7.91. The van der Waals surface area contributed by atoms with Gasteiger partial charge in [-0.15, -0.1) is 0 Å². The van der Waals surface area contributed by atoms with Crippen LogP contribution in [0.15, 0.2) is 18.2 Å². The van der Waals surface area contributed by atoms with Crippen LogP contribution in [0.5, 0.6) is 11.5 Å². The molecule has 1 aromatic carbocycles. The van der Waals surface area contributed by atoms with Gasteiger partial charge in [0.1, 0.15) is 0 Å². The molecule has 0 saturated carbocycles. The van der Waals surface area contributed by atoms with Gasteiger partial charge >= 0.3 is 0 Å². The second kappa shape index (κ2) is 7.88. The fourth-order valence-electron chi connectivity index (χ4n) is 2.94. The molecule has 0 unspecified atom stereocenters. The summed E-state index contributed by atoms with van der Waals surface area (Å²) < 4.78 is 34.5. The Labute approximate surface area is 143 Å². The molecule has 0 bridgehead atoms. The normalized spacial score (nSPS) is 19.0. The van der Waals surface area contributed by atoms with E-state index in [-0.39, 0.29) is 23.5 Å². The summed E-state index contributed by atoms with van der Waals surface area (Å²) >= 11 is 0. The zero-order valence-electron chi connectivity index (χ0n) is 14.4. The van der Waals surface area contributed by atoms with E-state index in [0.29, 0.717) is 43.2 Å². The molecule has 1 aliphatic rings. The van der Waals surface area contributed by atoms with E-state index in [2.05, 4.69) is 0 Å². The number of carbonyl (C=O) groups is 1. The summed E-state index contributed by atoms with van der Waals surface area (Å²) in [6, 6.07) is 4.83. The van der Waals surface area contributed by atoms with E-state index in [0.717, 1.165) is 0 Å². The van der Waals surface area contributed by atoms with Crippen molar-refractivity contribution < 1.29 is 22.7 Å². The highest BCUT2D eigenvalue weighted by Gasteiger charge is 2.34. The summed E-state index contributed by atoms with van der Waals surface area (Å²) in [5.41, 5.74) is 0.480. The van der Waals surface area contributed by atoms with E-state index in [1.54, 1.807) is 23.1 Å². The third kappa shape index (κ3) is 4.20. The van der Waals surface area contributed by atoms with Crippen molar-refractivity contribution in [1.82, 2.24) is 4.90 Å². The molecule has 6 nitrogen and oxygen atoms in total. The van der Waals surface area contributed by atoms with Crippen LogP contribution in [0.3, 0.4) is 0 Å². The molecule has 24 heavy (non-hydrogen) atoms. The van der Waals surface area contributed by atoms with Crippen molar-refractivity contribution in [3.05, 3.63) is 23.8 Å². The predicted molar refractivity (Wildman–Crippen MR) is 92.5 cm³/mol. The molecule has 0 N–H and O–H groups in total. The molecule has 1 aliphatic heterocycles. The van der Waals surface area contributed by atoms with Crippen molar-refractivity contribution in [3.63, 3.8) is 0 Å². The maximum atomic E-state index is 12.8. The Kier molecular flexibility index (Phi) is 6.10. The molecule has 1 fully saturated rings. The standard InChI is InChI=1S/C17H25NO5S/c1-4-18(14-9-10-24(20,21)12-14)17(19)13-7-8-15(22-5-2)16(11-13)23-6-3/h7-8,11,14H,4-6,9-10,12H2,1-3H3/t14-/m0/s1. The van der Waals surface area contributed by atoms with Crippen LogP contribution in [0, 0.1) is 0 Å². The third-order valence-electron chi connectivity index (χ3n) is 4.04. The van der Waals surface area contributed by atoms with Gasteiger partial charge in [0.05, 0.1) is 24.7 Å². The van der Waals surface area contributed by atoms with E-state index in [1.807, 2.05) is 20.8 Å². The minimum absolute atomic E-state index is 0.0436. The van der Waals surface area contributed by atoms with Gasteiger partial charge in [0, 0.05) is 18.2 Å². The number of nitrogens with zero attached hydrogens (tertiary/aromatic N) is 1. The molecular formula is C17H25NO5S.